The van der Waals surface area contributed by atoms with Crippen molar-refractivity contribution >= 4 is 5.91 Å². The molecule has 2 atom stereocenters. The lowest BCUT2D eigenvalue weighted by Crippen LogP contribution is -2.51. The highest BCUT2D eigenvalue weighted by molar-refractivity contribution is 5.78. The van der Waals surface area contributed by atoms with E-state index in [0.29, 0.717) is 0 Å². The molecule has 0 saturated carbocycles. The van der Waals surface area contributed by atoms with Gasteiger partial charge < -0.3 is 10.1 Å². The highest BCUT2D eigenvalue weighted by atomic mass is 16.5. The van der Waals surface area contributed by atoms with E-state index in [4.69, 9.17) is 4.74 Å². The lowest BCUT2D eigenvalue weighted by Gasteiger charge is -2.31. The van der Waals surface area contributed by atoms with Gasteiger partial charge in [-0.1, -0.05) is 20.3 Å². The molecular formula is C9H17NO2. The Kier molecular flexibility index (Phi) is 3.53. The van der Waals surface area contributed by atoms with Gasteiger partial charge in [0, 0.05) is 0 Å². The fourth-order valence-electron chi connectivity index (χ4n) is 1.61. The molecule has 1 saturated heterocycles. The van der Waals surface area contributed by atoms with Crippen LogP contribution in [0.15, 0.2) is 0 Å². The van der Waals surface area contributed by atoms with E-state index in [0.717, 1.165) is 19.3 Å². The molecule has 1 heterocycles. The summed E-state index contributed by atoms with van der Waals surface area (Å²) in [5.41, 5.74) is 0. The molecule has 0 bridgehead atoms. The minimum atomic E-state index is 0.0261. The Bertz CT molecular complexity index is 159. The van der Waals surface area contributed by atoms with E-state index in [9.17, 15) is 4.79 Å². The summed E-state index contributed by atoms with van der Waals surface area (Å²) in [5.74, 6) is 0.0261. The van der Waals surface area contributed by atoms with Gasteiger partial charge in [0.1, 0.15) is 6.61 Å². The first-order chi connectivity index (χ1) is 5.77. The van der Waals surface area contributed by atoms with Crippen LogP contribution in [0.2, 0.25) is 0 Å². The van der Waals surface area contributed by atoms with Crippen LogP contribution in [0.4, 0.5) is 0 Å². The quantitative estimate of drug-likeness (QED) is 0.690. The molecule has 2 unspecified atom stereocenters. The largest absolute Gasteiger partial charge is 0.366 e. The van der Waals surface area contributed by atoms with Gasteiger partial charge in [-0.15, -0.1) is 0 Å². The zero-order chi connectivity index (χ0) is 8.97. The molecule has 0 aliphatic carbocycles. The molecular weight excluding hydrogens is 154 g/mol. The van der Waals surface area contributed by atoms with Gasteiger partial charge in [-0.2, -0.15) is 0 Å². The van der Waals surface area contributed by atoms with Crippen molar-refractivity contribution in [1.82, 2.24) is 5.32 Å². The fraction of sp³-hybridized carbons (Fsp3) is 0.889. The highest BCUT2D eigenvalue weighted by Gasteiger charge is 2.26. The lowest BCUT2D eigenvalue weighted by molar-refractivity contribution is -0.137. The fourth-order valence-corrected chi connectivity index (χ4v) is 1.61. The second-order valence-corrected chi connectivity index (χ2v) is 3.22. The van der Waals surface area contributed by atoms with Crippen LogP contribution in [-0.2, 0) is 9.53 Å². The van der Waals surface area contributed by atoms with Gasteiger partial charge in [0.05, 0.1) is 12.1 Å². The second-order valence-electron chi connectivity index (χ2n) is 3.22. The molecule has 1 N–H and O–H groups in total. The average molecular weight is 171 g/mol. The zero-order valence-corrected chi connectivity index (χ0v) is 7.80. The lowest BCUT2D eigenvalue weighted by atomic mass is 10.0. The van der Waals surface area contributed by atoms with Crippen molar-refractivity contribution in [2.75, 3.05) is 6.61 Å². The van der Waals surface area contributed by atoms with Crippen LogP contribution in [0.5, 0.6) is 0 Å². The Morgan fingerprint density at radius 2 is 2.33 bits per heavy atom. The second kappa shape index (κ2) is 4.45. The Hall–Kier alpha value is -0.570. The molecule has 3 heteroatoms. The van der Waals surface area contributed by atoms with E-state index in [1.54, 1.807) is 0 Å². The number of hydrogen-bond acceptors (Lipinski definition) is 2. The molecule has 3 nitrogen and oxygen atoms in total. The van der Waals surface area contributed by atoms with Gasteiger partial charge in [0.25, 0.3) is 0 Å². The van der Waals surface area contributed by atoms with Crippen LogP contribution in [0.25, 0.3) is 0 Å². The topological polar surface area (TPSA) is 38.3 Å². The number of rotatable bonds is 3. The van der Waals surface area contributed by atoms with Gasteiger partial charge in [0.2, 0.25) is 5.91 Å². The predicted octanol–water partition coefficient (Wildman–Crippen LogP) is 1.08. The van der Waals surface area contributed by atoms with Crippen LogP contribution in [-0.4, -0.2) is 24.7 Å². The first-order valence-corrected chi connectivity index (χ1v) is 4.68. The number of nitrogens with one attached hydrogen (secondary N) is 1. The summed E-state index contributed by atoms with van der Waals surface area (Å²) in [6.07, 6.45) is 3.31. The Balaban J connectivity index is 2.45. The number of ether oxygens (including phenoxy) is 1. The van der Waals surface area contributed by atoms with E-state index in [1.165, 1.54) is 0 Å². The Morgan fingerprint density at radius 3 is 2.92 bits per heavy atom. The molecule has 1 aliphatic heterocycles. The van der Waals surface area contributed by atoms with Crippen molar-refractivity contribution in [2.45, 2.75) is 45.3 Å². The van der Waals surface area contributed by atoms with Crippen LogP contribution in [0.3, 0.4) is 0 Å². The van der Waals surface area contributed by atoms with E-state index < -0.39 is 0 Å². The summed E-state index contributed by atoms with van der Waals surface area (Å²) in [5, 5.41) is 2.95. The van der Waals surface area contributed by atoms with Crippen molar-refractivity contribution in [2.24, 2.45) is 0 Å². The summed E-state index contributed by atoms with van der Waals surface area (Å²) in [6, 6.07) is 0.237. The normalized spacial score (nSPS) is 30.0. The molecule has 0 spiro atoms. The van der Waals surface area contributed by atoms with Crippen LogP contribution in [0, 0.1) is 0 Å². The molecule has 0 aromatic rings. The van der Waals surface area contributed by atoms with Crippen molar-refractivity contribution in [3.63, 3.8) is 0 Å². The molecule has 1 aliphatic rings. The average Bonchev–Trinajstić information content (AvgIpc) is 2.05. The summed E-state index contributed by atoms with van der Waals surface area (Å²) in [4.78, 5) is 11.0. The van der Waals surface area contributed by atoms with Crippen molar-refractivity contribution < 1.29 is 9.53 Å². The highest BCUT2D eigenvalue weighted by Crippen LogP contribution is 2.13. The minimum Gasteiger partial charge on any atom is -0.366 e. The van der Waals surface area contributed by atoms with Crippen LogP contribution >= 0.6 is 0 Å². The van der Waals surface area contributed by atoms with E-state index >= 15 is 0 Å². The summed E-state index contributed by atoms with van der Waals surface area (Å²) >= 11 is 0. The molecule has 1 amide bonds. The molecule has 0 aromatic carbocycles. The SMILES string of the molecule is CCCC1NC(=O)COC1CC. The third-order valence-electron chi connectivity index (χ3n) is 2.23. The number of morpholine rings is 1. The number of carbonyl (C=O) groups is 1. The summed E-state index contributed by atoms with van der Waals surface area (Å²) in [6.45, 7) is 4.44. The Labute approximate surface area is 73.5 Å². The van der Waals surface area contributed by atoms with Gasteiger partial charge in [-0.3, -0.25) is 4.79 Å². The molecule has 70 valence electrons. The standard InChI is InChI=1S/C9H17NO2/c1-3-5-7-8(4-2)12-6-9(11)10-7/h7-8H,3-6H2,1-2H3,(H,10,11). The number of amides is 1. The molecule has 1 rings (SSSR count). The van der Waals surface area contributed by atoms with E-state index in [2.05, 4.69) is 19.2 Å². The van der Waals surface area contributed by atoms with Gasteiger partial charge in [-0.05, 0) is 12.8 Å². The number of hydrogen-bond donors (Lipinski definition) is 1. The maximum Gasteiger partial charge on any atom is 0.246 e. The molecule has 0 aromatic heterocycles. The maximum atomic E-state index is 11.0. The molecule has 12 heavy (non-hydrogen) atoms. The van der Waals surface area contributed by atoms with Crippen LogP contribution in [0.1, 0.15) is 33.1 Å². The van der Waals surface area contributed by atoms with Gasteiger partial charge >= 0.3 is 0 Å². The summed E-state index contributed by atoms with van der Waals surface area (Å²) in [7, 11) is 0. The molecule has 0 radical (unpaired) electrons. The monoisotopic (exact) mass is 171 g/mol. The number of carbonyl (C=O) groups excluding carboxylic acids is 1. The van der Waals surface area contributed by atoms with Crippen molar-refractivity contribution in [1.29, 1.82) is 0 Å². The van der Waals surface area contributed by atoms with Gasteiger partial charge in [0.15, 0.2) is 0 Å². The first-order valence-electron chi connectivity index (χ1n) is 4.68. The van der Waals surface area contributed by atoms with Crippen molar-refractivity contribution in [3.8, 4) is 0 Å². The summed E-state index contributed by atoms with van der Waals surface area (Å²) < 4.78 is 5.39. The predicted molar refractivity (Wildman–Crippen MR) is 46.9 cm³/mol. The van der Waals surface area contributed by atoms with Crippen LogP contribution < -0.4 is 5.32 Å². The molecule has 1 fully saturated rings. The smallest absolute Gasteiger partial charge is 0.246 e. The van der Waals surface area contributed by atoms with Gasteiger partial charge in [-0.25, -0.2) is 0 Å². The minimum absolute atomic E-state index is 0.0261. The van der Waals surface area contributed by atoms with E-state index in [1.807, 2.05) is 0 Å². The van der Waals surface area contributed by atoms with E-state index in [-0.39, 0.29) is 24.7 Å². The van der Waals surface area contributed by atoms with Crippen molar-refractivity contribution in [3.05, 3.63) is 0 Å². The zero-order valence-electron chi connectivity index (χ0n) is 7.80. The Morgan fingerprint density at radius 1 is 1.58 bits per heavy atom. The maximum absolute atomic E-state index is 11.0. The first kappa shape index (κ1) is 9.52. The third kappa shape index (κ3) is 2.21. The third-order valence-corrected chi connectivity index (χ3v) is 2.23.